The summed E-state index contributed by atoms with van der Waals surface area (Å²) in [7, 11) is 0. The van der Waals surface area contributed by atoms with Crippen LogP contribution < -0.4 is 5.32 Å². The number of rotatable bonds is 14. The van der Waals surface area contributed by atoms with Crippen molar-refractivity contribution in [2.75, 3.05) is 19.7 Å². The molecule has 2 heterocycles. The van der Waals surface area contributed by atoms with Gasteiger partial charge in [0.1, 0.15) is 29.9 Å². The molecule has 9 heteroatoms. The summed E-state index contributed by atoms with van der Waals surface area (Å²) in [6, 6.07) is 11.6. The lowest BCUT2D eigenvalue weighted by atomic mass is 9.94. The molecule has 2 fully saturated rings. The maximum Gasteiger partial charge on any atom is 0.329 e. The smallest absolute Gasteiger partial charge is 0.329 e. The SMILES string of the molecule is CCCO[C@H]1CN[C@@H]([C@H](O)[C@H](Cc2cc(F)cc(F)c2)OC(=O)C(CCc2ccccc2)N2CC[C@H](C(C)C)C2=O)C1. The predicted octanol–water partition coefficient (Wildman–Crippen LogP) is 4.44. The molecule has 42 heavy (non-hydrogen) atoms. The van der Waals surface area contributed by atoms with Crippen LogP contribution in [0.3, 0.4) is 0 Å². The Balaban J connectivity index is 1.56. The van der Waals surface area contributed by atoms with Gasteiger partial charge in [0.2, 0.25) is 5.91 Å². The number of hydrogen-bond acceptors (Lipinski definition) is 6. The van der Waals surface area contributed by atoms with Gasteiger partial charge in [-0.15, -0.1) is 0 Å². The highest BCUT2D eigenvalue weighted by Crippen LogP contribution is 2.29. The number of ether oxygens (including phenoxy) is 2. The zero-order chi connectivity index (χ0) is 30.2. The number of carbonyl (C=O) groups excluding carboxylic acids is 2. The van der Waals surface area contributed by atoms with Crippen LogP contribution in [0.4, 0.5) is 8.78 Å². The molecule has 4 rings (SSSR count). The number of likely N-dealkylation sites (tertiary alicyclic amines) is 1. The molecular weight excluding hydrogens is 542 g/mol. The monoisotopic (exact) mass is 586 g/mol. The number of aryl methyl sites for hydroxylation is 1. The highest BCUT2D eigenvalue weighted by Gasteiger charge is 2.42. The van der Waals surface area contributed by atoms with E-state index in [1.165, 1.54) is 12.1 Å². The number of nitrogens with one attached hydrogen (secondary N) is 1. The molecule has 0 spiro atoms. The van der Waals surface area contributed by atoms with Gasteiger partial charge in [0.05, 0.1) is 6.10 Å². The number of esters is 1. The lowest BCUT2D eigenvalue weighted by molar-refractivity contribution is -0.165. The molecule has 0 aromatic heterocycles. The summed E-state index contributed by atoms with van der Waals surface area (Å²) >= 11 is 0. The van der Waals surface area contributed by atoms with Gasteiger partial charge in [0.25, 0.3) is 0 Å². The highest BCUT2D eigenvalue weighted by atomic mass is 19.1. The fourth-order valence-corrected chi connectivity index (χ4v) is 6.09. The number of aliphatic hydroxyl groups excluding tert-OH is 1. The molecular formula is C33H44F2N2O5. The van der Waals surface area contributed by atoms with Gasteiger partial charge in [-0.3, -0.25) is 4.79 Å². The summed E-state index contributed by atoms with van der Waals surface area (Å²) < 4.78 is 40.0. The van der Waals surface area contributed by atoms with Gasteiger partial charge in [0.15, 0.2) is 0 Å². The van der Waals surface area contributed by atoms with Crippen LogP contribution in [0.2, 0.25) is 0 Å². The largest absolute Gasteiger partial charge is 0.458 e. The van der Waals surface area contributed by atoms with Gasteiger partial charge in [-0.1, -0.05) is 51.1 Å². The van der Waals surface area contributed by atoms with Crippen LogP contribution in [0.15, 0.2) is 48.5 Å². The molecule has 2 N–H and O–H groups in total. The van der Waals surface area contributed by atoms with Crippen LogP contribution in [-0.2, 0) is 31.9 Å². The van der Waals surface area contributed by atoms with Crippen LogP contribution in [0.1, 0.15) is 57.6 Å². The first-order chi connectivity index (χ1) is 20.2. The molecule has 0 bridgehead atoms. The van der Waals surface area contributed by atoms with Gasteiger partial charge in [0, 0.05) is 44.1 Å². The minimum absolute atomic E-state index is 0.0716. The molecule has 2 aliphatic rings. The zero-order valence-electron chi connectivity index (χ0n) is 24.8. The third-order valence-electron chi connectivity index (χ3n) is 8.39. The van der Waals surface area contributed by atoms with Crippen LogP contribution in [0.25, 0.3) is 0 Å². The van der Waals surface area contributed by atoms with E-state index < -0.39 is 41.9 Å². The normalized spacial score (nSPS) is 22.9. The van der Waals surface area contributed by atoms with E-state index >= 15 is 0 Å². The molecule has 6 atom stereocenters. The van der Waals surface area contributed by atoms with Gasteiger partial charge in [-0.2, -0.15) is 0 Å². The Morgan fingerprint density at radius 2 is 1.83 bits per heavy atom. The molecule has 0 saturated carbocycles. The van der Waals surface area contributed by atoms with Crippen molar-refractivity contribution in [1.29, 1.82) is 0 Å². The van der Waals surface area contributed by atoms with Crippen LogP contribution in [-0.4, -0.2) is 72.0 Å². The summed E-state index contributed by atoms with van der Waals surface area (Å²) in [5.74, 6) is -2.23. The molecule has 2 aromatic carbocycles. The molecule has 2 saturated heterocycles. The maximum absolute atomic E-state index is 14.1. The first-order valence-corrected chi connectivity index (χ1v) is 15.2. The number of nitrogens with zero attached hydrogens (tertiary/aromatic N) is 1. The van der Waals surface area contributed by atoms with Crippen molar-refractivity contribution < 1.29 is 33.0 Å². The van der Waals surface area contributed by atoms with Crippen molar-refractivity contribution in [2.45, 2.75) is 89.7 Å². The standard InChI is InChI=1S/C33H44F2N2O5/c1-4-14-41-26-19-28(36-20-26)31(38)30(17-23-15-24(34)18-25(35)16-23)42-33(40)29(11-10-22-8-6-5-7-9-22)37-13-12-27(21(2)3)32(37)39/h5-9,15-16,18,21,26-31,36,38H,4,10-14,17,19-20H2,1-3H3/t26-,27-,28-,29?,30+,31+/m1/s1. The van der Waals surface area contributed by atoms with Crippen LogP contribution in [0.5, 0.6) is 0 Å². The lowest BCUT2D eigenvalue weighted by Gasteiger charge is -2.32. The number of benzene rings is 2. The minimum atomic E-state index is -1.16. The Morgan fingerprint density at radius 1 is 1.12 bits per heavy atom. The van der Waals surface area contributed by atoms with E-state index in [1.807, 2.05) is 51.1 Å². The Morgan fingerprint density at radius 3 is 2.48 bits per heavy atom. The molecule has 230 valence electrons. The van der Waals surface area contributed by atoms with E-state index in [4.69, 9.17) is 9.47 Å². The van der Waals surface area contributed by atoms with Crippen molar-refractivity contribution in [3.8, 4) is 0 Å². The average molecular weight is 587 g/mol. The Hall–Kier alpha value is -2.88. The van der Waals surface area contributed by atoms with Crippen molar-refractivity contribution >= 4 is 11.9 Å². The van der Waals surface area contributed by atoms with Crippen LogP contribution in [0, 0.1) is 23.5 Å². The number of halogens is 2. The molecule has 2 aliphatic heterocycles. The fourth-order valence-electron chi connectivity index (χ4n) is 6.09. The van der Waals surface area contributed by atoms with Crippen LogP contribution >= 0.6 is 0 Å². The van der Waals surface area contributed by atoms with Gasteiger partial charge < -0.3 is 24.8 Å². The highest BCUT2D eigenvalue weighted by molar-refractivity contribution is 5.87. The summed E-state index contributed by atoms with van der Waals surface area (Å²) in [5.41, 5.74) is 1.29. The van der Waals surface area contributed by atoms with Gasteiger partial charge >= 0.3 is 5.97 Å². The van der Waals surface area contributed by atoms with E-state index in [9.17, 15) is 23.5 Å². The molecule has 0 radical (unpaired) electrons. The third-order valence-corrected chi connectivity index (χ3v) is 8.39. The second-order valence-electron chi connectivity index (χ2n) is 11.9. The van der Waals surface area contributed by atoms with Gasteiger partial charge in [-0.25, -0.2) is 13.6 Å². The number of hydrogen-bond donors (Lipinski definition) is 2. The van der Waals surface area contributed by atoms with E-state index in [0.29, 0.717) is 45.4 Å². The molecule has 7 nitrogen and oxygen atoms in total. The Kier molecular flexibility index (Phi) is 11.5. The molecule has 1 amide bonds. The van der Waals surface area contributed by atoms with Crippen molar-refractivity contribution in [3.05, 3.63) is 71.3 Å². The number of aliphatic hydroxyl groups is 1. The third kappa shape index (κ3) is 8.36. The van der Waals surface area contributed by atoms with E-state index in [-0.39, 0.29) is 35.8 Å². The zero-order valence-corrected chi connectivity index (χ0v) is 24.8. The topological polar surface area (TPSA) is 88.1 Å². The predicted molar refractivity (Wildman–Crippen MR) is 156 cm³/mol. The first kappa shape index (κ1) is 32.0. The van der Waals surface area contributed by atoms with E-state index in [2.05, 4.69) is 5.32 Å². The fraction of sp³-hybridized carbons (Fsp3) is 0.576. The quantitative estimate of drug-likeness (QED) is 0.318. The molecule has 2 aromatic rings. The second kappa shape index (κ2) is 15.0. The summed E-state index contributed by atoms with van der Waals surface area (Å²) in [6.07, 6.45) is 0.491. The summed E-state index contributed by atoms with van der Waals surface area (Å²) in [6.45, 7) is 7.60. The Bertz CT molecular complexity index is 1160. The summed E-state index contributed by atoms with van der Waals surface area (Å²) in [5, 5.41) is 14.7. The number of carbonyl (C=O) groups is 2. The first-order valence-electron chi connectivity index (χ1n) is 15.2. The van der Waals surface area contributed by atoms with Crippen molar-refractivity contribution in [1.82, 2.24) is 10.2 Å². The van der Waals surface area contributed by atoms with Crippen molar-refractivity contribution in [2.24, 2.45) is 11.8 Å². The maximum atomic E-state index is 14.1. The van der Waals surface area contributed by atoms with E-state index in [1.54, 1.807) is 4.90 Å². The minimum Gasteiger partial charge on any atom is -0.458 e. The average Bonchev–Trinajstić information content (AvgIpc) is 3.58. The molecule has 1 unspecified atom stereocenters. The van der Waals surface area contributed by atoms with E-state index in [0.717, 1.165) is 18.1 Å². The lowest BCUT2D eigenvalue weighted by Crippen LogP contribution is -2.50. The van der Waals surface area contributed by atoms with Crippen molar-refractivity contribution in [3.63, 3.8) is 0 Å². The number of amides is 1. The summed E-state index contributed by atoms with van der Waals surface area (Å²) in [4.78, 5) is 28.9. The second-order valence-corrected chi connectivity index (χ2v) is 11.9. The van der Waals surface area contributed by atoms with Gasteiger partial charge in [-0.05, 0) is 61.3 Å². The Labute approximate surface area is 247 Å². The molecule has 0 aliphatic carbocycles.